The minimum Gasteiger partial charge on any atom is -0.326 e. The van der Waals surface area contributed by atoms with Crippen LogP contribution >= 0.6 is 0 Å². The van der Waals surface area contributed by atoms with Gasteiger partial charge in [0.25, 0.3) is 20.0 Å². The summed E-state index contributed by atoms with van der Waals surface area (Å²) in [5.74, 6) is 0.129. The van der Waals surface area contributed by atoms with Crippen LogP contribution < -0.4 is 14.8 Å². The molecule has 1 amide bonds. The van der Waals surface area contributed by atoms with Gasteiger partial charge in [0.2, 0.25) is 5.91 Å². The van der Waals surface area contributed by atoms with Crippen LogP contribution in [0.25, 0.3) is 0 Å². The van der Waals surface area contributed by atoms with Crippen LogP contribution in [0.4, 0.5) is 11.4 Å². The fourth-order valence-corrected chi connectivity index (χ4v) is 4.88. The number of carbonyl (C=O) groups is 1. The largest absolute Gasteiger partial charge is 0.326 e. The van der Waals surface area contributed by atoms with Crippen molar-refractivity contribution in [2.24, 2.45) is 4.99 Å². The molecule has 0 saturated heterocycles. The average Bonchev–Trinajstić information content (AvgIpc) is 3.14. The van der Waals surface area contributed by atoms with Crippen LogP contribution in [0.2, 0.25) is 0 Å². The number of amidine groups is 1. The highest BCUT2D eigenvalue weighted by atomic mass is 32.2. The number of hydrogen-bond donors (Lipinski definition) is 3. The molecule has 1 aliphatic rings. The Morgan fingerprint density at radius 1 is 0.897 bits per heavy atom. The van der Waals surface area contributed by atoms with Crippen molar-refractivity contribution >= 4 is 43.2 Å². The molecule has 2 aromatic rings. The van der Waals surface area contributed by atoms with Crippen LogP contribution in [0, 0.1) is 0 Å². The van der Waals surface area contributed by atoms with Crippen molar-refractivity contribution in [3.05, 3.63) is 48.5 Å². The molecule has 2 aromatic carbocycles. The Labute approximate surface area is 169 Å². The first-order valence-electron chi connectivity index (χ1n) is 8.72. The molecule has 3 rings (SSSR count). The smallest absolute Gasteiger partial charge is 0.262 e. The first-order chi connectivity index (χ1) is 13.7. The van der Waals surface area contributed by atoms with Gasteiger partial charge in [0.05, 0.1) is 15.5 Å². The van der Waals surface area contributed by atoms with Crippen LogP contribution in [-0.4, -0.2) is 35.1 Å². The Kier molecular flexibility index (Phi) is 5.89. The second-order valence-electron chi connectivity index (χ2n) is 6.38. The topological polar surface area (TPSA) is 134 Å². The van der Waals surface area contributed by atoms with Crippen molar-refractivity contribution in [3.8, 4) is 0 Å². The second kappa shape index (κ2) is 8.21. The Bertz CT molecular complexity index is 1160. The molecular weight excluding hydrogens is 416 g/mol. The van der Waals surface area contributed by atoms with Crippen LogP contribution in [0.3, 0.4) is 0 Å². The molecule has 0 fully saturated rings. The van der Waals surface area contributed by atoms with E-state index in [0.29, 0.717) is 24.5 Å². The van der Waals surface area contributed by atoms with E-state index in [1.165, 1.54) is 55.5 Å². The number of aliphatic imine (C=N–C) groups is 1. The van der Waals surface area contributed by atoms with Crippen molar-refractivity contribution in [3.63, 3.8) is 0 Å². The summed E-state index contributed by atoms with van der Waals surface area (Å²) in [6.45, 7) is 1.93. The zero-order valence-corrected chi connectivity index (χ0v) is 17.2. The lowest BCUT2D eigenvalue weighted by molar-refractivity contribution is -0.114. The predicted molar refractivity (Wildman–Crippen MR) is 110 cm³/mol. The minimum absolute atomic E-state index is 0.0294. The molecule has 1 heterocycles. The van der Waals surface area contributed by atoms with E-state index < -0.39 is 20.0 Å². The summed E-state index contributed by atoms with van der Waals surface area (Å²) < 4.78 is 55.0. The number of sulfonamides is 2. The van der Waals surface area contributed by atoms with Gasteiger partial charge in [-0.05, 0) is 48.9 Å². The van der Waals surface area contributed by atoms with Gasteiger partial charge in [-0.25, -0.2) is 16.8 Å². The lowest BCUT2D eigenvalue weighted by Gasteiger charge is -2.11. The van der Waals surface area contributed by atoms with E-state index in [0.717, 1.165) is 6.42 Å². The highest BCUT2D eigenvalue weighted by Crippen LogP contribution is 2.21. The molecular formula is C18H20N4O5S2. The summed E-state index contributed by atoms with van der Waals surface area (Å²) in [5.41, 5.74) is 0.567. The molecule has 154 valence electrons. The van der Waals surface area contributed by atoms with Gasteiger partial charge in [-0.3, -0.25) is 19.2 Å². The Balaban J connectivity index is 1.79. The first-order valence-corrected chi connectivity index (χ1v) is 11.7. The highest BCUT2D eigenvalue weighted by molar-refractivity contribution is 7.92. The Hall–Kier alpha value is -2.92. The second-order valence-corrected chi connectivity index (χ2v) is 9.74. The molecule has 0 atom stereocenters. The van der Waals surface area contributed by atoms with Gasteiger partial charge in [0.15, 0.2) is 0 Å². The van der Waals surface area contributed by atoms with Gasteiger partial charge in [-0.1, -0.05) is 6.07 Å². The number of carbonyl (C=O) groups excluding carboxylic acids is 1. The lowest BCUT2D eigenvalue weighted by Crippen LogP contribution is -2.29. The molecule has 0 unspecified atom stereocenters. The highest BCUT2D eigenvalue weighted by Gasteiger charge is 2.20. The number of hydrogen-bond acceptors (Lipinski definition) is 6. The third-order valence-corrected chi connectivity index (χ3v) is 6.78. The SMILES string of the molecule is CC(=O)Nc1ccc(S(=O)(=O)Nc2cccc(S(=O)(=O)NC3=NCCC3)c2)cc1. The van der Waals surface area contributed by atoms with E-state index in [4.69, 9.17) is 0 Å². The molecule has 0 spiro atoms. The van der Waals surface area contributed by atoms with E-state index in [1.54, 1.807) is 0 Å². The summed E-state index contributed by atoms with van der Waals surface area (Å²) in [4.78, 5) is 15.0. The third-order valence-electron chi connectivity index (χ3n) is 4.01. The first kappa shape index (κ1) is 20.8. The molecule has 11 heteroatoms. The number of nitrogens with one attached hydrogen (secondary N) is 3. The minimum atomic E-state index is -3.94. The van der Waals surface area contributed by atoms with Crippen LogP contribution in [-0.2, 0) is 24.8 Å². The normalized spacial score (nSPS) is 14.2. The van der Waals surface area contributed by atoms with Gasteiger partial charge >= 0.3 is 0 Å². The molecule has 9 nitrogen and oxygen atoms in total. The Morgan fingerprint density at radius 2 is 1.59 bits per heavy atom. The maximum Gasteiger partial charge on any atom is 0.262 e. The number of rotatable bonds is 6. The van der Waals surface area contributed by atoms with Crippen LogP contribution in [0.1, 0.15) is 19.8 Å². The van der Waals surface area contributed by atoms with Crippen molar-refractivity contribution in [1.29, 1.82) is 0 Å². The summed E-state index contributed by atoms with van der Waals surface area (Å²) in [7, 11) is -7.80. The van der Waals surface area contributed by atoms with E-state index in [1.807, 2.05) is 0 Å². The van der Waals surface area contributed by atoms with Crippen molar-refractivity contribution < 1.29 is 21.6 Å². The summed E-state index contributed by atoms with van der Waals surface area (Å²) in [6, 6.07) is 11.1. The fraction of sp³-hybridized carbons (Fsp3) is 0.222. The van der Waals surface area contributed by atoms with Crippen molar-refractivity contribution in [2.75, 3.05) is 16.6 Å². The summed E-state index contributed by atoms with van der Waals surface area (Å²) in [5, 5.41) is 2.55. The molecule has 0 saturated carbocycles. The zero-order valence-electron chi connectivity index (χ0n) is 15.5. The van der Waals surface area contributed by atoms with Crippen molar-refractivity contribution in [1.82, 2.24) is 4.72 Å². The zero-order chi connectivity index (χ0) is 21.1. The van der Waals surface area contributed by atoms with Crippen LogP contribution in [0.15, 0.2) is 63.3 Å². The average molecular weight is 437 g/mol. The number of anilines is 2. The quantitative estimate of drug-likeness (QED) is 0.636. The molecule has 0 aliphatic carbocycles. The lowest BCUT2D eigenvalue weighted by atomic mass is 10.3. The van der Waals surface area contributed by atoms with Gasteiger partial charge in [0, 0.05) is 25.6 Å². The maximum atomic E-state index is 12.6. The van der Waals surface area contributed by atoms with Gasteiger partial charge in [-0.2, -0.15) is 0 Å². The summed E-state index contributed by atoms with van der Waals surface area (Å²) >= 11 is 0. The number of amides is 1. The van der Waals surface area contributed by atoms with E-state index in [-0.39, 0.29) is 21.4 Å². The van der Waals surface area contributed by atoms with Gasteiger partial charge in [0.1, 0.15) is 5.84 Å². The molecule has 0 aromatic heterocycles. The van der Waals surface area contributed by atoms with E-state index in [2.05, 4.69) is 19.8 Å². The standard InChI is InChI=1S/C18H20N4O5S2/c1-13(23)20-14-7-9-16(10-8-14)28(24,25)21-15-4-2-5-17(12-15)29(26,27)22-18-6-3-11-19-18/h2,4-5,7-10,12,21H,3,6,11H2,1H3,(H,19,22)(H,20,23). The molecule has 3 N–H and O–H groups in total. The molecule has 0 radical (unpaired) electrons. The van der Waals surface area contributed by atoms with E-state index >= 15 is 0 Å². The molecule has 1 aliphatic heterocycles. The fourth-order valence-electron chi connectivity index (χ4n) is 2.70. The van der Waals surface area contributed by atoms with Crippen LogP contribution in [0.5, 0.6) is 0 Å². The predicted octanol–water partition coefficient (Wildman–Crippen LogP) is 1.92. The number of nitrogens with zero attached hydrogens (tertiary/aromatic N) is 1. The maximum absolute atomic E-state index is 12.6. The monoisotopic (exact) mass is 436 g/mol. The van der Waals surface area contributed by atoms with E-state index in [9.17, 15) is 21.6 Å². The third kappa shape index (κ3) is 5.33. The molecule has 29 heavy (non-hydrogen) atoms. The van der Waals surface area contributed by atoms with Gasteiger partial charge < -0.3 is 5.32 Å². The Morgan fingerprint density at radius 3 is 2.21 bits per heavy atom. The van der Waals surface area contributed by atoms with Gasteiger partial charge in [-0.15, -0.1) is 0 Å². The van der Waals surface area contributed by atoms with Crippen molar-refractivity contribution in [2.45, 2.75) is 29.6 Å². The summed E-state index contributed by atoms with van der Waals surface area (Å²) in [6.07, 6.45) is 1.35. The number of benzene rings is 2. The molecule has 0 bridgehead atoms.